The van der Waals surface area contributed by atoms with Crippen molar-refractivity contribution in [2.45, 2.75) is 50.4 Å². The number of nitrogens with one attached hydrogen (secondary N) is 1. The molecule has 2 aromatic rings. The number of hydrogen-bond acceptors (Lipinski definition) is 5. The molecule has 0 saturated heterocycles. The van der Waals surface area contributed by atoms with Crippen LogP contribution in [-0.4, -0.2) is 15.7 Å². The molecule has 0 unspecified atom stereocenters. The first-order chi connectivity index (χ1) is 9.42. The fourth-order valence-electron chi connectivity index (χ4n) is 1.65. The van der Waals surface area contributed by atoms with E-state index in [4.69, 9.17) is 4.42 Å². The molecule has 0 spiro atoms. The Hall–Kier alpha value is -1.33. The van der Waals surface area contributed by atoms with Crippen molar-refractivity contribution in [3.05, 3.63) is 41.6 Å². The van der Waals surface area contributed by atoms with E-state index in [1.807, 2.05) is 0 Å². The monoisotopic (exact) mass is 291 g/mol. The van der Waals surface area contributed by atoms with Crippen molar-refractivity contribution >= 4 is 11.8 Å². The van der Waals surface area contributed by atoms with Gasteiger partial charge in [0.15, 0.2) is 0 Å². The molecule has 0 bridgehead atoms. The highest BCUT2D eigenvalue weighted by molar-refractivity contribution is 7.98. The second kappa shape index (κ2) is 6.41. The molecule has 1 heterocycles. The molecule has 0 aliphatic rings. The summed E-state index contributed by atoms with van der Waals surface area (Å²) in [4.78, 5) is 1.22. The zero-order valence-corrected chi connectivity index (χ0v) is 13.3. The molecule has 0 aliphatic carbocycles. The number of rotatable bonds is 5. The minimum Gasteiger partial charge on any atom is -0.425 e. The lowest BCUT2D eigenvalue weighted by Crippen LogP contribution is -2.35. The van der Waals surface area contributed by atoms with Gasteiger partial charge in [-0.2, -0.15) is 0 Å². The van der Waals surface area contributed by atoms with Gasteiger partial charge in [0, 0.05) is 23.9 Å². The Morgan fingerprint density at radius 1 is 1.25 bits per heavy atom. The maximum atomic E-state index is 5.37. The summed E-state index contributed by atoms with van der Waals surface area (Å²) in [6.07, 6.45) is 0. The van der Waals surface area contributed by atoms with E-state index in [0.717, 1.165) is 6.54 Å². The zero-order valence-electron chi connectivity index (χ0n) is 12.4. The average molecular weight is 291 g/mol. The number of thioether (sulfide) groups is 1. The van der Waals surface area contributed by atoms with Crippen molar-refractivity contribution in [1.29, 1.82) is 0 Å². The second-order valence-electron chi connectivity index (χ2n) is 5.75. The molecule has 0 atom stereocenters. The van der Waals surface area contributed by atoms with Gasteiger partial charge in [0.1, 0.15) is 0 Å². The highest BCUT2D eigenvalue weighted by Gasteiger charge is 2.09. The van der Waals surface area contributed by atoms with Crippen LogP contribution in [0.5, 0.6) is 0 Å². The van der Waals surface area contributed by atoms with Crippen LogP contribution >= 0.6 is 11.8 Å². The number of nitrogens with zero attached hydrogens (tertiary/aromatic N) is 2. The van der Waals surface area contributed by atoms with Gasteiger partial charge in [-0.25, -0.2) is 0 Å². The van der Waals surface area contributed by atoms with E-state index in [1.165, 1.54) is 10.5 Å². The lowest BCUT2D eigenvalue weighted by atomic mass is 10.1. The van der Waals surface area contributed by atoms with E-state index >= 15 is 0 Å². The first kappa shape index (κ1) is 15.1. The Bertz CT molecular complexity index is 560. The van der Waals surface area contributed by atoms with Gasteiger partial charge in [-0.05, 0) is 38.5 Å². The number of aromatic nitrogens is 2. The largest absolute Gasteiger partial charge is 0.425 e. The molecule has 0 radical (unpaired) electrons. The van der Waals surface area contributed by atoms with E-state index in [-0.39, 0.29) is 5.54 Å². The van der Waals surface area contributed by atoms with Crippen LogP contribution in [0.2, 0.25) is 0 Å². The van der Waals surface area contributed by atoms with E-state index in [0.29, 0.717) is 17.5 Å². The van der Waals surface area contributed by atoms with Crippen LogP contribution in [0.15, 0.2) is 33.6 Å². The van der Waals surface area contributed by atoms with Crippen LogP contribution in [0, 0.1) is 6.92 Å². The topological polar surface area (TPSA) is 51.0 Å². The minimum absolute atomic E-state index is 0.129. The molecule has 0 saturated carbocycles. The smallest absolute Gasteiger partial charge is 0.226 e. The summed E-state index contributed by atoms with van der Waals surface area (Å²) < 4.78 is 5.37. The van der Waals surface area contributed by atoms with Gasteiger partial charge < -0.3 is 9.73 Å². The average Bonchev–Trinajstić information content (AvgIpc) is 2.80. The summed E-state index contributed by atoms with van der Waals surface area (Å²) in [5.74, 6) is 1.99. The molecule has 20 heavy (non-hydrogen) atoms. The Morgan fingerprint density at radius 2 is 2.05 bits per heavy atom. The van der Waals surface area contributed by atoms with E-state index in [9.17, 15) is 0 Å². The molecule has 2 rings (SSSR count). The molecule has 108 valence electrons. The van der Waals surface area contributed by atoms with Gasteiger partial charge in [-0.3, -0.25) is 0 Å². The molecule has 0 fully saturated rings. The third kappa shape index (κ3) is 4.98. The van der Waals surface area contributed by atoms with E-state index in [2.05, 4.69) is 60.6 Å². The van der Waals surface area contributed by atoms with Crippen molar-refractivity contribution < 1.29 is 4.42 Å². The molecule has 1 aromatic carbocycles. The molecule has 1 aromatic heterocycles. The fourth-order valence-corrected chi connectivity index (χ4v) is 2.47. The first-order valence-corrected chi connectivity index (χ1v) is 7.67. The molecular formula is C15H21N3OS. The number of hydrogen-bond donors (Lipinski definition) is 1. The lowest BCUT2D eigenvalue weighted by Gasteiger charge is -2.20. The molecule has 1 N–H and O–H groups in total. The first-order valence-electron chi connectivity index (χ1n) is 6.68. The Kier molecular flexibility index (Phi) is 4.83. The van der Waals surface area contributed by atoms with Crippen molar-refractivity contribution in [2.75, 3.05) is 0 Å². The highest BCUT2D eigenvalue weighted by atomic mass is 32.2. The Morgan fingerprint density at radius 3 is 2.70 bits per heavy atom. The van der Waals surface area contributed by atoms with Crippen LogP contribution in [0.3, 0.4) is 0 Å². The standard InChI is InChI=1S/C15H21N3OS/c1-11-17-18-14(19-11)10-20-13-7-5-6-12(8-13)9-16-15(2,3)4/h5-8,16H,9-10H2,1-4H3. The SMILES string of the molecule is Cc1nnc(CSc2cccc(CNC(C)(C)C)c2)o1. The number of aryl methyl sites for hydroxylation is 1. The van der Waals surface area contributed by atoms with Crippen LogP contribution in [-0.2, 0) is 12.3 Å². The van der Waals surface area contributed by atoms with Gasteiger partial charge in [0.25, 0.3) is 0 Å². The fraction of sp³-hybridized carbons (Fsp3) is 0.467. The Labute approximate surface area is 124 Å². The zero-order chi connectivity index (χ0) is 14.6. The predicted molar refractivity (Wildman–Crippen MR) is 81.6 cm³/mol. The highest BCUT2D eigenvalue weighted by Crippen LogP contribution is 2.23. The summed E-state index contributed by atoms with van der Waals surface area (Å²) in [6, 6.07) is 8.53. The van der Waals surface area contributed by atoms with Crippen molar-refractivity contribution in [3.63, 3.8) is 0 Å². The van der Waals surface area contributed by atoms with Crippen molar-refractivity contribution in [2.24, 2.45) is 0 Å². The maximum Gasteiger partial charge on any atom is 0.226 e. The third-order valence-corrected chi connectivity index (χ3v) is 3.63. The van der Waals surface area contributed by atoms with Gasteiger partial charge in [0.05, 0.1) is 5.75 Å². The minimum atomic E-state index is 0.129. The summed E-state index contributed by atoms with van der Waals surface area (Å²) in [5, 5.41) is 11.3. The van der Waals surface area contributed by atoms with E-state index < -0.39 is 0 Å². The predicted octanol–water partition coefficient (Wildman–Crippen LogP) is 3.56. The third-order valence-electron chi connectivity index (χ3n) is 2.65. The lowest BCUT2D eigenvalue weighted by molar-refractivity contribution is 0.424. The van der Waals surface area contributed by atoms with Gasteiger partial charge in [-0.15, -0.1) is 22.0 Å². The van der Waals surface area contributed by atoms with Gasteiger partial charge in [0.2, 0.25) is 11.8 Å². The van der Waals surface area contributed by atoms with Gasteiger partial charge in [-0.1, -0.05) is 12.1 Å². The molecule has 0 amide bonds. The molecule has 0 aliphatic heterocycles. The van der Waals surface area contributed by atoms with Crippen molar-refractivity contribution in [1.82, 2.24) is 15.5 Å². The molecule has 5 heteroatoms. The summed E-state index contributed by atoms with van der Waals surface area (Å²) in [5.41, 5.74) is 1.41. The van der Waals surface area contributed by atoms with Crippen LogP contribution in [0.25, 0.3) is 0 Å². The summed E-state index contributed by atoms with van der Waals surface area (Å²) >= 11 is 1.71. The van der Waals surface area contributed by atoms with Crippen LogP contribution in [0.4, 0.5) is 0 Å². The summed E-state index contributed by atoms with van der Waals surface area (Å²) in [7, 11) is 0. The summed E-state index contributed by atoms with van der Waals surface area (Å²) in [6.45, 7) is 9.19. The van der Waals surface area contributed by atoms with Crippen molar-refractivity contribution in [3.8, 4) is 0 Å². The second-order valence-corrected chi connectivity index (χ2v) is 6.80. The quantitative estimate of drug-likeness (QED) is 0.854. The van der Waals surface area contributed by atoms with Crippen LogP contribution < -0.4 is 5.32 Å². The van der Waals surface area contributed by atoms with Gasteiger partial charge >= 0.3 is 0 Å². The molecule has 4 nitrogen and oxygen atoms in total. The number of benzene rings is 1. The Balaban J connectivity index is 1.92. The van der Waals surface area contributed by atoms with E-state index in [1.54, 1.807) is 18.7 Å². The van der Waals surface area contributed by atoms with Crippen LogP contribution in [0.1, 0.15) is 38.1 Å². The molecular weight excluding hydrogens is 270 g/mol. The maximum absolute atomic E-state index is 5.37. The normalized spacial score (nSPS) is 11.8.